The molecule has 0 aliphatic rings. The van der Waals surface area contributed by atoms with Crippen molar-refractivity contribution in [1.82, 2.24) is 5.32 Å². The maximum Gasteiger partial charge on any atom is 0.264 e. The average molecular weight is 397 g/mol. The number of anilines is 1. The molecule has 1 unspecified atom stereocenters. The maximum absolute atomic E-state index is 12.9. The number of hydrogen-bond acceptors (Lipinski definition) is 4. The summed E-state index contributed by atoms with van der Waals surface area (Å²) < 4.78 is 31.9. The van der Waals surface area contributed by atoms with Gasteiger partial charge in [0.05, 0.1) is 27.8 Å². The summed E-state index contributed by atoms with van der Waals surface area (Å²) in [5.74, 6) is -0.459. The SMILES string of the molecule is COCC(C)NC(=O)c1cc(S(=O)(=O)N(C)c2ccccc2)ccc1Cl. The van der Waals surface area contributed by atoms with E-state index in [1.165, 1.54) is 32.4 Å². The Hall–Kier alpha value is -2.09. The number of ether oxygens (including phenoxy) is 1. The van der Waals surface area contributed by atoms with E-state index in [2.05, 4.69) is 5.32 Å². The Kier molecular flexibility index (Phi) is 6.63. The minimum absolute atomic E-state index is 0.0159. The van der Waals surface area contributed by atoms with Gasteiger partial charge in [-0.05, 0) is 37.3 Å². The molecule has 6 nitrogen and oxygen atoms in total. The standard InChI is InChI=1S/C18H21ClN2O4S/c1-13(12-25-3)20-18(22)16-11-15(9-10-17(16)19)26(23,24)21(2)14-7-5-4-6-8-14/h4-11,13H,12H2,1-3H3,(H,20,22). The second-order valence-electron chi connectivity index (χ2n) is 5.78. The van der Waals surface area contributed by atoms with Gasteiger partial charge in [-0.3, -0.25) is 9.10 Å². The molecule has 1 N–H and O–H groups in total. The zero-order valence-electron chi connectivity index (χ0n) is 14.8. The number of rotatable bonds is 7. The highest BCUT2D eigenvalue weighted by atomic mass is 35.5. The van der Waals surface area contributed by atoms with Crippen LogP contribution >= 0.6 is 11.6 Å². The predicted molar refractivity (Wildman–Crippen MR) is 102 cm³/mol. The van der Waals surface area contributed by atoms with Crippen molar-refractivity contribution in [2.24, 2.45) is 0 Å². The molecule has 140 valence electrons. The largest absolute Gasteiger partial charge is 0.383 e. The number of sulfonamides is 1. The Balaban J connectivity index is 2.35. The van der Waals surface area contributed by atoms with Crippen molar-refractivity contribution in [1.29, 1.82) is 0 Å². The van der Waals surface area contributed by atoms with E-state index in [0.717, 1.165) is 4.31 Å². The molecule has 8 heteroatoms. The molecule has 2 aromatic rings. The molecule has 0 aromatic heterocycles. The molecule has 0 saturated carbocycles. The summed E-state index contributed by atoms with van der Waals surface area (Å²) in [4.78, 5) is 12.4. The number of para-hydroxylation sites is 1. The highest BCUT2D eigenvalue weighted by Gasteiger charge is 2.24. The summed E-state index contributed by atoms with van der Waals surface area (Å²) in [6, 6.07) is 12.5. The van der Waals surface area contributed by atoms with E-state index in [4.69, 9.17) is 16.3 Å². The zero-order valence-corrected chi connectivity index (χ0v) is 16.3. The Morgan fingerprint density at radius 1 is 1.23 bits per heavy atom. The molecule has 0 heterocycles. The van der Waals surface area contributed by atoms with Gasteiger partial charge in [0.15, 0.2) is 0 Å². The summed E-state index contributed by atoms with van der Waals surface area (Å²) >= 11 is 6.10. The van der Waals surface area contributed by atoms with Gasteiger partial charge < -0.3 is 10.1 Å². The number of methoxy groups -OCH3 is 1. The van der Waals surface area contributed by atoms with Crippen LogP contribution in [-0.4, -0.2) is 41.1 Å². The van der Waals surface area contributed by atoms with Gasteiger partial charge in [0.2, 0.25) is 0 Å². The number of nitrogens with one attached hydrogen (secondary N) is 1. The van der Waals surface area contributed by atoms with Crippen LogP contribution in [0.5, 0.6) is 0 Å². The molecule has 0 spiro atoms. The van der Waals surface area contributed by atoms with Crippen molar-refractivity contribution < 1.29 is 17.9 Å². The summed E-state index contributed by atoms with van der Waals surface area (Å²) in [5.41, 5.74) is 0.610. The van der Waals surface area contributed by atoms with Crippen LogP contribution in [0.15, 0.2) is 53.4 Å². The van der Waals surface area contributed by atoms with E-state index < -0.39 is 15.9 Å². The highest BCUT2D eigenvalue weighted by Crippen LogP contribution is 2.25. The van der Waals surface area contributed by atoms with Crippen LogP contribution in [0.1, 0.15) is 17.3 Å². The number of hydrogen-bond donors (Lipinski definition) is 1. The molecule has 2 rings (SSSR count). The number of carbonyl (C=O) groups excluding carboxylic acids is 1. The molecule has 0 radical (unpaired) electrons. The molecular formula is C18H21ClN2O4S. The Morgan fingerprint density at radius 3 is 2.50 bits per heavy atom. The third-order valence-electron chi connectivity index (χ3n) is 3.75. The van der Waals surface area contributed by atoms with Crippen LogP contribution in [0.3, 0.4) is 0 Å². The molecule has 1 amide bonds. The van der Waals surface area contributed by atoms with Gasteiger partial charge in [0.25, 0.3) is 15.9 Å². The van der Waals surface area contributed by atoms with Crippen LogP contribution in [-0.2, 0) is 14.8 Å². The van der Waals surface area contributed by atoms with Crippen molar-refractivity contribution in [3.05, 3.63) is 59.1 Å². The molecular weight excluding hydrogens is 376 g/mol. The van der Waals surface area contributed by atoms with Gasteiger partial charge in [-0.25, -0.2) is 8.42 Å². The van der Waals surface area contributed by atoms with Crippen molar-refractivity contribution in [3.63, 3.8) is 0 Å². The van der Waals surface area contributed by atoms with E-state index in [-0.39, 0.29) is 21.5 Å². The van der Waals surface area contributed by atoms with E-state index >= 15 is 0 Å². The zero-order chi connectivity index (χ0) is 19.3. The van der Waals surface area contributed by atoms with Crippen LogP contribution in [0.25, 0.3) is 0 Å². The van der Waals surface area contributed by atoms with E-state index in [9.17, 15) is 13.2 Å². The minimum atomic E-state index is -3.83. The van der Waals surface area contributed by atoms with E-state index in [0.29, 0.717) is 12.3 Å². The molecule has 1 atom stereocenters. The first-order chi connectivity index (χ1) is 12.3. The minimum Gasteiger partial charge on any atom is -0.383 e. The summed E-state index contributed by atoms with van der Waals surface area (Å²) in [7, 11) is -0.845. The van der Waals surface area contributed by atoms with Crippen LogP contribution in [0.4, 0.5) is 5.69 Å². The Labute approximate surface area is 158 Å². The first-order valence-corrected chi connectivity index (χ1v) is 9.72. The average Bonchev–Trinajstić information content (AvgIpc) is 2.62. The van der Waals surface area contributed by atoms with Crippen LogP contribution in [0.2, 0.25) is 5.02 Å². The molecule has 0 fully saturated rings. The second-order valence-corrected chi connectivity index (χ2v) is 8.16. The van der Waals surface area contributed by atoms with Crippen LogP contribution < -0.4 is 9.62 Å². The lowest BCUT2D eigenvalue weighted by molar-refractivity contribution is 0.0905. The normalized spacial score (nSPS) is 12.5. The third kappa shape index (κ3) is 4.55. The van der Waals surface area contributed by atoms with E-state index in [1.807, 2.05) is 0 Å². The van der Waals surface area contributed by atoms with Crippen molar-refractivity contribution in [3.8, 4) is 0 Å². The van der Waals surface area contributed by atoms with Gasteiger partial charge in [0.1, 0.15) is 0 Å². The molecule has 0 aliphatic carbocycles. The van der Waals surface area contributed by atoms with Gasteiger partial charge in [-0.2, -0.15) is 0 Å². The molecule has 0 bridgehead atoms. The monoisotopic (exact) mass is 396 g/mol. The third-order valence-corrected chi connectivity index (χ3v) is 5.87. The lowest BCUT2D eigenvalue weighted by Gasteiger charge is -2.20. The Bertz CT molecular complexity index is 872. The lowest BCUT2D eigenvalue weighted by Crippen LogP contribution is -2.36. The lowest BCUT2D eigenvalue weighted by atomic mass is 10.2. The fourth-order valence-corrected chi connectivity index (χ4v) is 3.79. The second kappa shape index (κ2) is 8.53. The van der Waals surface area contributed by atoms with Crippen molar-refractivity contribution >= 4 is 33.2 Å². The van der Waals surface area contributed by atoms with Gasteiger partial charge in [0, 0.05) is 20.2 Å². The number of benzene rings is 2. The first kappa shape index (κ1) is 20.2. The first-order valence-electron chi connectivity index (χ1n) is 7.90. The predicted octanol–water partition coefficient (Wildman–Crippen LogP) is 2.93. The van der Waals surface area contributed by atoms with Crippen LogP contribution in [0, 0.1) is 0 Å². The van der Waals surface area contributed by atoms with Gasteiger partial charge in [-0.1, -0.05) is 29.8 Å². The number of halogens is 1. The molecule has 0 aliphatic heterocycles. The molecule has 0 saturated heterocycles. The summed E-state index contributed by atoms with van der Waals surface area (Å²) in [6.45, 7) is 2.11. The topological polar surface area (TPSA) is 75.7 Å². The smallest absolute Gasteiger partial charge is 0.264 e. The van der Waals surface area contributed by atoms with Gasteiger partial charge in [-0.15, -0.1) is 0 Å². The van der Waals surface area contributed by atoms with Crippen molar-refractivity contribution in [2.45, 2.75) is 17.9 Å². The number of nitrogens with zero attached hydrogens (tertiary/aromatic N) is 1. The van der Waals surface area contributed by atoms with Crippen molar-refractivity contribution in [2.75, 3.05) is 25.1 Å². The highest BCUT2D eigenvalue weighted by molar-refractivity contribution is 7.92. The summed E-state index contributed by atoms with van der Waals surface area (Å²) in [6.07, 6.45) is 0. The fourth-order valence-electron chi connectivity index (χ4n) is 2.37. The quantitative estimate of drug-likeness (QED) is 0.780. The maximum atomic E-state index is 12.9. The number of carbonyl (C=O) groups is 1. The fraction of sp³-hybridized carbons (Fsp3) is 0.278. The van der Waals surface area contributed by atoms with E-state index in [1.54, 1.807) is 37.3 Å². The molecule has 26 heavy (non-hydrogen) atoms. The summed E-state index contributed by atoms with van der Waals surface area (Å²) in [5, 5.41) is 2.90. The molecule has 2 aromatic carbocycles. The van der Waals surface area contributed by atoms with Gasteiger partial charge >= 0.3 is 0 Å². The Morgan fingerprint density at radius 2 is 1.88 bits per heavy atom. The number of amides is 1.